The average Bonchev–Trinajstić information content (AvgIpc) is 3.39. The molecule has 4 aromatic carbocycles. The summed E-state index contributed by atoms with van der Waals surface area (Å²) in [6.07, 6.45) is -0.0104. The van der Waals surface area contributed by atoms with E-state index in [1.807, 2.05) is 42.5 Å². The van der Waals surface area contributed by atoms with Crippen LogP contribution in [0.3, 0.4) is 0 Å². The lowest BCUT2D eigenvalue weighted by atomic mass is 9.74. The highest BCUT2D eigenvalue weighted by Gasteiger charge is 2.48. The fourth-order valence-electron chi connectivity index (χ4n) is 5.27. The first kappa shape index (κ1) is 24.7. The van der Waals surface area contributed by atoms with E-state index in [-0.39, 0.29) is 6.04 Å². The summed E-state index contributed by atoms with van der Waals surface area (Å²) in [4.78, 5) is 0. The van der Waals surface area contributed by atoms with E-state index < -0.39 is 11.8 Å². The molecule has 0 radical (unpaired) electrons. The molecule has 0 bridgehead atoms. The molecule has 0 aliphatic heterocycles. The quantitative estimate of drug-likeness (QED) is 0.230. The standard InChI is InChI=1S/C31H32N4O2/c1-23-14-10-11-19-26(23)31(22-29(36-2)37-3,35-28-21-13-12-20-27(28)33-34-35)30(24-15-6-4-7-16-24)32-25-17-8-5-9-18-25/h4-21,29-30,32H,22H2,1-3H3. The van der Waals surface area contributed by atoms with E-state index in [0.717, 1.165) is 33.4 Å². The minimum atomic E-state index is -0.782. The molecule has 0 aliphatic carbocycles. The molecular formula is C31H32N4O2. The van der Waals surface area contributed by atoms with Crippen LogP contribution >= 0.6 is 0 Å². The van der Waals surface area contributed by atoms with Crippen molar-refractivity contribution in [1.82, 2.24) is 15.0 Å². The largest absolute Gasteiger partial charge is 0.375 e. The van der Waals surface area contributed by atoms with Gasteiger partial charge in [0.2, 0.25) is 0 Å². The number of benzene rings is 4. The number of aromatic nitrogens is 3. The summed E-state index contributed by atoms with van der Waals surface area (Å²) in [6, 6.07) is 37.0. The highest BCUT2D eigenvalue weighted by atomic mass is 16.7. The fraction of sp³-hybridized carbons (Fsp3) is 0.226. The van der Waals surface area contributed by atoms with Gasteiger partial charge in [-0.15, -0.1) is 5.10 Å². The van der Waals surface area contributed by atoms with Gasteiger partial charge in [0.15, 0.2) is 6.29 Å². The third kappa shape index (κ3) is 4.73. The lowest BCUT2D eigenvalue weighted by Gasteiger charge is -2.44. The summed E-state index contributed by atoms with van der Waals surface area (Å²) >= 11 is 0. The van der Waals surface area contributed by atoms with Crippen molar-refractivity contribution in [1.29, 1.82) is 0 Å². The second-order valence-corrected chi connectivity index (χ2v) is 9.19. The van der Waals surface area contributed by atoms with Gasteiger partial charge < -0.3 is 14.8 Å². The van der Waals surface area contributed by atoms with Crippen LogP contribution in [0.1, 0.15) is 29.2 Å². The summed E-state index contributed by atoms with van der Waals surface area (Å²) in [7, 11) is 3.36. The van der Waals surface area contributed by atoms with Gasteiger partial charge in [0.25, 0.3) is 0 Å². The maximum absolute atomic E-state index is 5.85. The molecule has 188 valence electrons. The summed E-state index contributed by atoms with van der Waals surface area (Å²) in [5.74, 6) is 0. The van der Waals surface area contributed by atoms with Crippen LogP contribution in [0.2, 0.25) is 0 Å². The second-order valence-electron chi connectivity index (χ2n) is 9.19. The number of methoxy groups -OCH3 is 2. The van der Waals surface area contributed by atoms with Crippen LogP contribution in [0.15, 0.2) is 109 Å². The first-order chi connectivity index (χ1) is 18.2. The maximum Gasteiger partial charge on any atom is 0.159 e. The predicted octanol–water partition coefficient (Wildman–Crippen LogP) is 6.35. The predicted molar refractivity (Wildman–Crippen MR) is 147 cm³/mol. The van der Waals surface area contributed by atoms with Gasteiger partial charge in [-0.2, -0.15) is 0 Å². The van der Waals surface area contributed by atoms with Crippen LogP contribution in [0, 0.1) is 6.92 Å². The number of rotatable bonds is 10. The zero-order valence-corrected chi connectivity index (χ0v) is 21.4. The van der Waals surface area contributed by atoms with Gasteiger partial charge in [0.1, 0.15) is 11.1 Å². The lowest BCUT2D eigenvalue weighted by molar-refractivity contribution is -0.122. The molecule has 2 unspecified atom stereocenters. The first-order valence-electron chi connectivity index (χ1n) is 12.5. The van der Waals surface area contributed by atoms with Crippen molar-refractivity contribution in [3.63, 3.8) is 0 Å². The van der Waals surface area contributed by atoms with E-state index in [9.17, 15) is 0 Å². The smallest absolute Gasteiger partial charge is 0.159 e. The van der Waals surface area contributed by atoms with Gasteiger partial charge in [0, 0.05) is 26.3 Å². The minimum absolute atomic E-state index is 0.255. The first-order valence-corrected chi connectivity index (χ1v) is 12.5. The lowest BCUT2D eigenvalue weighted by Crippen LogP contribution is -2.48. The Kier molecular flexibility index (Phi) is 7.30. The van der Waals surface area contributed by atoms with Crippen molar-refractivity contribution in [3.8, 4) is 0 Å². The third-order valence-corrected chi connectivity index (χ3v) is 7.04. The number of anilines is 1. The summed E-state index contributed by atoms with van der Waals surface area (Å²) in [6.45, 7) is 2.14. The minimum Gasteiger partial charge on any atom is -0.375 e. The fourth-order valence-corrected chi connectivity index (χ4v) is 5.27. The number of nitrogens with zero attached hydrogens (tertiary/aromatic N) is 3. The summed E-state index contributed by atoms with van der Waals surface area (Å²) < 4.78 is 13.8. The molecule has 1 aromatic heterocycles. The zero-order valence-electron chi connectivity index (χ0n) is 21.4. The van der Waals surface area contributed by atoms with Gasteiger partial charge in [-0.05, 0) is 47.9 Å². The Labute approximate surface area is 217 Å². The van der Waals surface area contributed by atoms with Crippen molar-refractivity contribution in [2.75, 3.05) is 19.5 Å². The Morgan fingerprint density at radius 2 is 1.41 bits per heavy atom. The summed E-state index contributed by atoms with van der Waals surface area (Å²) in [5, 5.41) is 13.3. The number of nitrogens with one attached hydrogen (secondary N) is 1. The number of hydrogen-bond donors (Lipinski definition) is 1. The number of aryl methyl sites for hydroxylation is 1. The Morgan fingerprint density at radius 3 is 2.11 bits per heavy atom. The van der Waals surface area contributed by atoms with Crippen LogP contribution in [0.25, 0.3) is 11.0 Å². The van der Waals surface area contributed by atoms with Crippen LogP contribution in [0.4, 0.5) is 5.69 Å². The third-order valence-electron chi connectivity index (χ3n) is 7.04. The molecule has 37 heavy (non-hydrogen) atoms. The van der Waals surface area contributed by atoms with Crippen molar-refractivity contribution in [2.24, 2.45) is 0 Å². The van der Waals surface area contributed by atoms with Crippen LogP contribution in [0.5, 0.6) is 0 Å². The molecule has 0 spiro atoms. The number of fused-ring (bicyclic) bond motifs is 1. The molecule has 6 nitrogen and oxygen atoms in total. The van der Waals surface area contributed by atoms with E-state index >= 15 is 0 Å². The van der Waals surface area contributed by atoms with Crippen LogP contribution < -0.4 is 5.32 Å². The second kappa shape index (κ2) is 10.9. The van der Waals surface area contributed by atoms with E-state index in [2.05, 4.69) is 88.8 Å². The SMILES string of the molecule is COC(CC(c1ccccc1C)(C(Nc1ccccc1)c1ccccc1)n1nnc2ccccc21)OC. The molecule has 5 rings (SSSR count). The monoisotopic (exact) mass is 492 g/mol. The van der Waals surface area contributed by atoms with Crippen molar-refractivity contribution in [2.45, 2.75) is 31.2 Å². The molecule has 1 heterocycles. The Bertz CT molecular complexity index is 1430. The summed E-state index contributed by atoms with van der Waals surface area (Å²) in [5.41, 5.74) is 5.36. The molecule has 0 fully saturated rings. The Balaban J connectivity index is 1.88. The van der Waals surface area contributed by atoms with Gasteiger partial charge in [-0.1, -0.05) is 90.1 Å². The van der Waals surface area contributed by atoms with E-state index in [4.69, 9.17) is 14.7 Å². The van der Waals surface area contributed by atoms with Crippen LogP contribution in [-0.2, 0) is 15.0 Å². The molecular weight excluding hydrogens is 460 g/mol. The zero-order chi connectivity index (χ0) is 25.7. The maximum atomic E-state index is 5.85. The molecule has 6 heteroatoms. The molecule has 0 saturated carbocycles. The van der Waals surface area contributed by atoms with E-state index in [0.29, 0.717) is 6.42 Å². The van der Waals surface area contributed by atoms with Crippen molar-refractivity contribution >= 4 is 16.7 Å². The van der Waals surface area contributed by atoms with Crippen LogP contribution in [-0.4, -0.2) is 35.5 Å². The molecule has 2 atom stereocenters. The average molecular weight is 493 g/mol. The highest BCUT2D eigenvalue weighted by Crippen LogP contribution is 2.47. The van der Waals surface area contributed by atoms with Gasteiger partial charge in [-0.25, -0.2) is 4.68 Å². The van der Waals surface area contributed by atoms with E-state index in [1.165, 1.54) is 0 Å². The van der Waals surface area contributed by atoms with Crippen molar-refractivity contribution < 1.29 is 9.47 Å². The molecule has 0 saturated heterocycles. The molecule has 5 aromatic rings. The van der Waals surface area contributed by atoms with Gasteiger partial charge in [0.05, 0.1) is 11.6 Å². The van der Waals surface area contributed by atoms with Gasteiger partial charge in [-0.3, -0.25) is 0 Å². The van der Waals surface area contributed by atoms with Crippen molar-refractivity contribution in [3.05, 3.63) is 126 Å². The number of hydrogen-bond acceptors (Lipinski definition) is 5. The molecule has 0 amide bonds. The van der Waals surface area contributed by atoms with E-state index in [1.54, 1.807) is 14.2 Å². The molecule has 1 N–H and O–H groups in total. The Hall–Kier alpha value is -4.00. The normalized spacial score (nSPS) is 13.9. The highest BCUT2D eigenvalue weighted by molar-refractivity contribution is 5.75. The Morgan fingerprint density at radius 1 is 0.784 bits per heavy atom. The molecule has 0 aliphatic rings. The topological polar surface area (TPSA) is 61.2 Å². The van der Waals surface area contributed by atoms with Gasteiger partial charge >= 0.3 is 0 Å². The number of ether oxygens (including phenoxy) is 2. The number of para-hydroxylation sites is 2.